The van der Waals surface area contributed by atoms with Crippen LogP contribution in [-0.2, 0) is 15.9 Å². The average Bonchev–Trinajstić information content (AvgIpc) is 3.23. The predicted octanol–water partition coefficient (Wildman–Crippen LogP) is 1.18. The highest BCUT2D eigenvalue weighted by molar-refractivity contribution is 6.29. The Balaban J connectivity index is 1.47. The molecule has 0 bridgehead atoms. The van der Waals surface area contributed by atoms with Crippen molar-refractivity contribution < 1.29 is 9.47 Å². The molecule has 3 heterocycles. The first-order valence-electron chi connectivity index (χ1n) is 9.71. The quantitative estimate of drug-likeness (QED) is 0.410. The van der Waals surface area contributed by atoms with Crippen LogP contribution < -0.4 is 10.6 Å². The zero-order valence-electron chi connectivity index (χ0n) is 16.0. The molecule has 8 heteroatoms. The van der Waals surface area contributed by atoms with E-state index in [1.54, 1.807) is 0 Å². The number of nitrogens with zero attached hydrogens (tertiary/aromatic N) is 3. The van der Waals surface area contributed by atoms with Gasteiger partial charge in [-0.2, -0.15) is 0 Å². The van der Waals surface area contributed by atoms with Gasteiger partial charge in [-0.3, -0.25) is 9.89 Å². The molecule has 2 fully saturated rings. The van der Waals surface area contributed by atoms with Crippen molar-refractivity contribution >= 4 is 17.6 Å². The van der Waals surface area contributed by atoms with E-state index in [9.17, 15) is 0 Å². The van der Waals surface area contributed by atoms with Crippen LogP contribution in [0.2, 0.25) is 5.15 Å². The molecule has 1 aromatic rings. The summed E-state index contributed by atoms with van der Waals surface area (Å²) in [5.74, 6) is 1.39. The van der Waals surface area contributed by atoms with Gasteiger partial charge in [0.2, 0.25) is 0 Å². The summed E-state index contributed by atoms with van der Waals surface area (Å²) in [6.45, 7) is 6.95. The number of morpholine rings is 1. The molecule has 0 aliphatic carbocycles. The monoisotopic (exact) mass is 395 g/mol. The van der Waals surface area contributed by atoms with Gasteiger partial charge in [-0.25, -0.2) is 4.98 Å². The van der Waals surface area contributed by atoms with Gasteiger partial charge in [-0.05, 0) is 24.5 Å². The third-order valence-corrected chi connectivity index (χ3v) is 5.44. The minimum absolute atomic E-state index is 0.440. The van der Waals surface area contributed by atoms with Crippen molar-refractivity contribution in [2.24, 2.45) is 10.9 Å². The standard InChI is InChI=1S/C19H30ClN5O2/c1-21-19(22-6-4-15-2-3-18(20)23-12-15)24-13-17(16-5-9-27-14-16)25-7-10-26-11-8-25/h2-3,12,16-17H,4-11,13-14H2,1H3,(H2,21,22,24). The van der Waals surface area contributed by atoms with Crippen LogP contribution in [0.3, 0.4) is 0 Å². The van der Waals surface area contributed by atoms with Gasteiger partial charge < -0.3 is 20.1 Å². The number of nitrogens with one attached hydrogen (secondary N) is 2. The van der Waals surface area contributed by atoms with E-state index in [-0.39, 0.29) is 0 Å². The molecule has 2 aliphatic rings. The van der Waals surface area contributed by atoms with Crippen molar-refractivity contribution in [1.29, 1.82) is 0 Å². The maximum Gasteiger partial charge on any atom is 0.191 e. The SMILES string of the molecule is CN=C(NCCc1ccc(Cl)nc1)NCC(C1CCOC1)N1CCOCC1. The third-order valence-electron chi connectivity index (χ3n) is 5.22. The summed E-state index contributed by atoms with van der Waals surface area (Å²) in [4.78, 5) is 11.0. The molecule has 2 unspecified atom stereocenters. The number of rotatable bonds is 7. The van der Waals surface area contributed by atoms with Gasteiger partial charge >= 0.3 is 0 Å². The number of aliphatic imine (C=N–C) groups is 1. The second-order valence-corrected chi connectivity index (χ2v) is 7.35. The zero-order valence-corrected chi connectivity index (χ0v) is 16.7. The Morgan fingerprint density at radius 1 is 1.30 bits per heavy atom. The molecule has 0 aromatic carbocycles. The smallest absolute Gasteiger partial charge is 0.191 e. The molecule has 3 rings (SSSR count). The second-order valence-electron chi connectivity index (χ2n) is 6.96. The molecule has 2 aliphatic heterocycles. The van der Waals surface area contributed by atoms with Crippen LogP contribution in [0, 0.1) is 5.92 Å². The highest BCUT2D eigenvalue weighted by Crippen LogP contribution is 2.21. The van der Waals surface area contributed by atoms with Crippen LogP contribution in [0.1, 0.15) is 12.0 Å². The predicted molar refractivity (Wildman–Crippen MR) is 107 cm³/mol. The van der Waals surface area contributed by atoms with E-state index < -0.39 is 0 Å². The Kier molecular flexibility index (Phi) is 8.13. The molecule has 0 amide bonds. The number of pyridine rings is 1. The fourth-order valence-corrected chi connectivity index (χ4v) is 3.77. The normalized spacial score (nSPS) is 22.6. The molecular weight excluding hydrogens is 366 g/mol. The number of hydrogen-bond acceptors (Lipinski definition) is 5. The third kappa shape index (κ3) is 6.31. The highest BCUT2D eigenvalue weighted by Gasteiger charge is 2.31. The van der Waals surface area contributed by atoms with E-state index in [1.807, 2.05) is 25.4 Å². The van der Waals surface area contributed by atoms with Gasteiger partial charge in [0.1, 0.15) is 5.15 Å². The van der Waals surface area contributed by atoms with Crippen molar-refractivity contribution in [2.45, 2.75) is 18.9 Å². The first-order valence-corrected chi connectivity index (χ1v) is 10.1. The lowest BCUT2D eigenvalue weighted by molar-refractivity contribution is 0.00247. The van der Waals surface area contributed by atoms with Crippen molar-refractivity contribution in [3.63, 3.8) is 0 Å². The number of aromatic nitrogens is 1. The lowest BCUT2D eigenvalue weighted by atomic mass is 9.97. The molecule has 0 radical (unpaired) electrons. The summed E-state index contributed by atoms with van der Waals surface area (Å²) < 4.78 is 11.2. The van der Waals surface area contributed by atoms with Gasteiger partial charge in [-0.15, -0.1) is 0 Å². The second kappa shape index (κ2) is 10.8. The molecule has 2 atom stereocenters. The van der Waals surface area contributed by atoms with Gasteiger partial charge in [0.15, 0.2) is 5.96 Å². The first kappa shape index (κ1) is 20.3. The van der Waals surface area contributed by atoms with E-state index >= 15 is 0 Å². The van der Waals surface area contributed by atoms with E-state index in [0.717, 1.165) is 77.0 Å². The minimum Gasteiger partial charge on any atom is -0.381 e. The maximum atomic E-state index is 5.83. The molecule has 2 N–H and O–H groups in total. The molecule has 27 heavy (non-hydrogen) atoms. The van der Waals surface area contributed by atoms with Crippen LogP contribution in [-0.4, -0.2) is 81.5 Å². The van der Waals surface area contributed by atoms with Gasteiger partial charge in [0.25, 0.3) is 0 Å². The summed E-state index contributed by atoms with van der Waals surface area (Å²) in [7, 11) is 1.81. The summed E-state index contributed by atoms with van der Waals surface area (Å²) in [6.07, 6.45) is 3.81. The lowest BCUT2D eigenvalue weighted by Gasteiger charge is -2.37. The zero-order chi connectivity index (χ0) is 18.9. The Morgan fingerprint density at radius 3 is 2.81 bits per heavy atom. The molecule has 2 saturated heterocycles. The molecule has 0 spiro atoms. The Hall–Kier alpha value is -1.41. The number of ether oxygens (including phenoxy) is 2. The fourth-order valence-electron chi connectivity index (χ4n) is 3.66. The van der Waals surface area contributed by atoms with Crippen LogP contribution in [0.25, 0.3) is 0 Å². The van der Waals surface area contributed by atoms with Gasteiger partial charge in [0.05, 0.1) is 19.8 Å². The van der Waals surface area contributed by atoms with Crippen molar-refractivity contribution in [3.05, 3.63) is 29.0 Å². The number of halogens is 1. The van der Waals surface area contributed by atoms with Gasteiger partial charge in [0, 0.05) is 58.0 Å². The van der Waals surface area contributed by atoms with E-state index in [4.69, 9.17) is 21.1 Å². The van der Waals surface area contributed by atoms with Crippen molar-refractivity contribution in [3.8, 4) is 0 Å². The van der Waals surface area contributed by atoms with Gasteiger partial charge in [-0.1, -0.05) is 17.7 Å². The topological polar surface area (TPSA) is 71.0 Å². The fraction of sp³-hybridized carbons (Fsp3) is 0.684. The summed E-state index contributed by atoms with van der Waals surface area (Å²) in [5, 5.41) is 7.41. The van der Waals surface area contributed by atoms with E-state index in [2.05, 4.69) is 25.5 Å². The summed E-state index contributed by atoms with van der Waals surface area (Å²) in [6, 6.07) is 4.26. The molecule has 1 aromatic heterocycles. The maximum absolute atomic E-state index is 5.83. The number of guanidine groups is 1. The van der Waals surface area contributed by atoms with Crippen LogP contribution in [0.15, 0.2) is 23.3 Å². The lowest BCUT2D eigenvalue weighted by Crippen LogP contribution is -2.53. The molecule has 150 valence electrons. The summed E-state index contributed by atoms with van der Waals surface area (Å²) in [5.41, 5.74) is 1.15. The first-order chi connectivity index (χ1) is 13.3. The summed E-state index contributed by atoms with van der Waals surface area (Å²) >= 11 is 5.83. The Morgan fingerprint density at radius 2 is 2.15 bits per heavy atom. The minimum atomic E-state index is 0.440. The van der Waals surface area contributed by atoms with E-state index in [1.165, 1.54) is 0 Å². The van der Waals surface area contributed by atoms with E-state index in [0.29, 0.717) is 17.1 Å². The molecule has 0 saturated carbocycles. The highest BCUT2D eigenvalue weighted by atomic mass is 35.5. The largest absolute Gasteiger partial charge is 0.381 e. The van der Waals surface area contributed by atoms with Crippen molar-refractivity contribution in [1.82, 2.24) is 20.5 Å². The van der Waals surface area contributed by atoms with Crippen LogP contribution in [0.4, 0.5) is 0 Å². The van der Waals surface area contributed by atoms with Crippen molar-refractivity contribution in [2.75, 3.05) is 59.7 Å². The Bertz CT molecular complexity index is 586. The van der Waals surface area contributed by atoms with Crippen LogP contribution >= 0.6 is 11.6 Å². The average molecular weight is 396 g/mol. The Labute approximate surface area is 166 Å². The van der Waals surface area contributed by atoms with Crippen LogP contribution in [0.5, 0.6) is 0 Å². The molecular formula is C19H30ClN5O2. The number of hydrogen-bond donors (Lipinski definition) is 2. The molecule has 7 nitrogen and oxygen atoms in total.